The molecule has 0 saturated heterocycles. The maximum atomic E-state index is 4.61. The zero-order chi connectivity index (χ0) is 18.8. The average Bonchev–Trinajstić information content (AvgIpc) is 3.46. The molecule has 0 unspecified atom stereocenters. The summed E-state index contributed by atoms with van der Waals surface area (Å²) in [6.07, 6.45) is 6.83. The Hall–Kier alpha value is -4.27. The summed E-state index contributed by atoms with van der Waals surface area (Å²) >= 11 is 0. The minimum atomic E-state index is 0.499. The number of rotatable bonds is 4. The first-order chi connectivity index (χ1) is 13.9. The molecule has 28 heavy (non-hydrogen) atoms. The van der Waals surface area contributed by atoms with Gasteiger partial charge in [0, 0.05) is 35.9 Å². The van der Waals surface area contributed by atoms with Gasteiger partial charge >= 0.3 is 0 Å². The summed E-state index contributed by atoms with van der Waals surface area (Å²) in [7, 11) is 0. The Morgan fingerprint density at radius 1 is 0.536 bits per heavy atom. The number of nitrogens with zero attached hydrogens (tertiary/aromatic N) is 7. The highest BCUT2D eigenvalue weighted by Crippen LogP contribution is 2.22. The molecule has 5 aromatic heterocycles. The third kappa shape index (κ3) is 3.01. The Bertz CT molecular complexity index is 1120. The van der Waals surface area contributed by atoms with Gasteiger partial charge in [0.1, 0.15) is 11.4 Å². The Morgan fingerprint density at radius 3 is 1.46 bits per heavy atom. The van der Waals surface area contributed by atoms with Gasteiger partial charge in [0.2, 0.25) is 0 Å². The van der Waals surface area contributed by atoms with Crippen molar-refractivity contribution in [1.82, 2.24) is 45.3 Å². The molecule has 2 N–H and O–H groups in total. The van der Waals surface area contributed by atoms with Gasteiger partial charge in [-0.25, -0.2) is 15.0 Å². The first-order valence-corrected chi connectivity index (χ1v) is 8.50. The molecule has 0 fully saturated rings. The lowest BCUT2D eigenvalue weighted by atomic mass is 10.2. The van der Waals surface area contributed by atoms with Gasteiger partial charge in [0.15, 0.2) is 23.3 Å². The third-order valence-electron chi connectivity index (χ3n) is 4.09. The normalized spacial score (nSPS) is 10.9. The van der Waals surface area contributed by atoms with Gasteiger partial charge in [0.25, 0.3) is 0 Å². The molecule has 5 aromatic rings. The van der Waals surface area contributed by atoms with E-state index in [0.717, 1.165) is 11.1 Å². The number of aromatic nitrogens is 9. The average molecular weight is 367 g/mol. The van der Waals surface area contributed by atoms with Crippen LogP contribution in [0.4, 0.5) is 0 Å². The van der Waals surface area contributed by atoms with Crippen molar-refractivity contribution in [1.29, 1.82) is 0 Å². The second-order valence-corrected chi connectivity index (χ2v) is 5.90. The molecular formula is C19H13N9. The van der Waals surface area contributed by atoms with Crippen molar-refractivity contribution in [3.8, 4) is 45.8 Å². The van der Waals surface area contributed by atoms with Crippen LogP contribution in [0.25, 0.3) is 45.8 Å². The van der Waals surface area contributed by atoms with E-state index in [9.17, 15) is 0 Å². The molecule has 9 heteroatoms. The summed E-state index contributed by atoms with van der Waals surface area (Å²) in [6, 6.07) is 13.0. The Labute approximate surface area is 159 Å². The molecule has 0 spiro atoms. The van der Waals surface area contributed by atoms with E-state index in [1.165, 1.54) is 0 Å². The predicted molar refractivity (Wildman–Crippen MR) is 101 cm³/mol. The standard InChI is InChI=1S/C19H13N9/c1-2-14(18-23-16(25-27-18)12-4-8-20-9-5-12)22-15(3-1)19-24-17(26-28-19)13-6-10-21-11-7-13/h1-11H,(H,23,25,27)(H,24,26,28). The van der Waals surface area contributed by atoms with Crippen LogP contribution in [0.15, 0.2) is 67.3 Å². The zero-order valence-corrected chi connectivity index (χ0v) is 14.5. The van der Waals surface area contributed by atoms with Crippen molar-refractivity contribution in [2.24, 2.45) is 0 Å². The predicted octanol–water partition coefficient (Wildman–Crippen LogP) is 2.78. The maximum Gasteiger partial charge on any atom is 0.200 e. The van der Waals surface area contributed by atoms with Crippen LogP contribution < -0.4 is 0 Å². The zero-order valence-electron chi connectivity index (χ0n) is 14.5. The highest BCUT2D eigenvalue weighted by Gasteiger charge is 2.13. The molecule has 0 radical (unpaired) electrons. The number of H-pyrrole nitrogens is 2. The second kappa shape index (κ2) is 6.80. The first kappa shape index (κ1) is 15.9. The number of nitrogens with one attached hydrogen (secondary N) is 2. The minimum Gasteiger partial charge on any atom is -0.265 e. The van der Waals surface area contributed by atoms with Gasteiger partial charge < -0.3 is 0 Å². The lowest BCUT2D eigenvalue weighted by molar-refractivity contribution is 1.08. The van der Waals surface area contributed by atoms with E-state index in [-0.39, 0.29) is 0 Å². The molecular weight excluding hydrogens is 354 g/mol. The SMILES string of the molecule is c1cc(-c2n[nH]c(-c3ccncc3)n2)nc(-c2n[nH]c(-c3ccncc3)n2)c1. The van der Waals surface area contributed by atoms with Crippen LogP contribution in [0.2, 0.25) is 0 Å². The van der Waals surface area contributed by atoms with Crippen LogP contribution >= 0.6 is 0 Å². The second-order valence-electron chi connectivity index (χ2n) is 5.90. The van der Waals surface area contributed by atoms with Crippen molar-refractivity contribution >= 4 is 0 Å². The Morgan fingerprint density at radius 2 is 1.00 bits per heavy atom. The summed E-state index contributed by atoms with van der Waals surface area (Å²) in [5.41, 5.74) is 3.07. The number of hydrogen-bond donors (Lipinski definition) is 2. The largest absolute Gasteiger partial charge is 0.265 e. The van der Waals surface area contributed by atoms with Crippen LogP contribution in [0.1, 0.15) is 0 Å². The van der Waals surface area contributed by atoms with Crippen molar-refractivity contribution in [3.63, 3.8) is 0 Å². The Kier molecular flexibility index (Phi) is 3.87. The van der Waals surface area contributed by atoms with Gasteiger partial charge in [-0.15, -0.1) is 0 Å². The van der Waals surface area contributed by atoms with E-state index >= 15 is 0 Å². The van der Waals surface area contributed by atoms with E-state index in [1.807, 2.05) is 42.5 Å². The molecule has 0 bridgehead atoms. The van der Waals surface area contributed by atoms with Gasteiger partial charge in [-0.05, 0) is 36.4 Å². The smallest absolute Gasteiger partial charge is 0.200 e. The monoisotopic (exact) mass is 367 g/mol. The fraction of sp³-hybridized carbons (Fsp3) is 0. The van der Waals surface area contributed by atoms with Crippen molar-refractivity contribution < 1.29 is 0 Å². The molecule has 134 valence electrons. The fourth-order valence-electron chi connectivity index (χ4n) is 2.71. The van der Waals surface area contributed by atoms with E-state index in [1.54, 1.807) is 24.8 Å². The molecule has 0 aromatic carbocycles. The lowest BCUT2D eigenvalue weighted by Crippen LogP contribution is -1.91. The molecule has 0 aliphatic rings. The number of aromatic amines is 2. The topological polar surface area (TPSA) is 122 Å². The van der Waals surface area contributed by atoms with Crippen molar-refractivity contribution in [3.05, 3.63) is 67.3 Å². The molecule has 0 amide bonds. The molecule has 0 aliphatic carbocycles. The van der Waals surface area contributed by atoms with E-state index in [2.05, 4.69) is 45.3 Å². The van der Waals surface area contributed by atoms with E-state index < -0.39 is 0 Å². The van der Waals surface area contributed by atoms with Crippen LogP contribution in [-0.4, -0.2) is 45.3 Å². The molecule has 5 heterocycles. The summed E-state index contributed by atoms with van der Waals surface area (Å²) in [5, 5.41) is 14.4. The lowest BCUT2D eigenvalue weighted by Gasteiger charge is -1.98. The van der Waals surface area contributed by atoms with E-state index in [4.69, 9.17) is 0 Å². The highest BCUT2D eigenvalue weighted by atomic mass is 15.2. The maximum absolute atomic E-state index is 4.61. The van der Waals surface area contributed by atoms with E-state index in [0.29, 0.717) is 34.7 Å². The summed E-state index contributed by atoms with van der Waals surface area (Å²) in [6.45, 7) is 0. The van der Waals surface area contributed by atoms with Gasteiger partial charge in [0.05, 0.1) is 0 Å². The number of hydrogen-bond acceptors (Lipinski definition) is 7. The molecule has 0 aliphatic heterocycles. The minimum absolute atomic E-state index is 0.499. The quantitative estimate of drug-likeness (QED) is 0.501. The summed E-state index contributed by atoms with van der Waals surface area (Å²) < 4.78 is 0. The van der Waals surface area contributed by atoms with Crippen LogP contribution in [-0.2, 0) is 0 Å². The first-order valence-electron chi connectivity index (χ1n) is 8.50. The molecule has 0 atom stereocenters. The van der Waals surface area contributed by atoms with Crippen LogP contribution in [0.3, 0.4) is 0 Å². The van der Waals surface area contributed by atoms with Crippen LogP contribution in [0, 0.1) is 0 Å². The molecule has 9 nitrogen and oxygen atoms in total. The third-order valence-corrected chi connectivity index (χ3v) is 4.09. The van der Waals surface area contributed by atoms with Crippen LogP contribution in [0.5, 0.6) is 0 Å². The number of pyridine rings is 3. The van der Waals surface area contributed by atoms with Gasteiger partial charge in [-0.3, -0.25) is 20.2 Å². The molecule has 5 rings (SSSR count). The van der Waals surface area contributed by atoms with Gasteiger partial charge in [-0.1, -0.05) is 6.07 Å². The fourth-order valence-corrected chi connectivity index (χ4v) is 2.71. The van der Waals surface area contributed by atoms with Crippen molar-refractivity contribution in [2.45, 2.75) is 0 Å². The molecule has 0 saturated carbocycles. The summed E-state index contributed by atoms with van der Waals surface area (Å²) in [5.74, 6) is 2.31. The van der Waals surface area contributed by atoms with Gasteiger partial charge in [-0.2, -0.15) is 10.2 Å². The Balaban J connectivity index is 1.46. The summed E-state index contributed by atoms with van der Waals surface area (Å²) in [4.78, 5) is 21.7. The highest BCUT2D eigenvalue weighted by molar-refractivity contribution is 5.62. The van der Waals surface area contributed by atoms with Crippen molar-refractivity contribution in [2.75, 3.05) is 0 Å².